The minimum absolute atomic E-state index is 0.109. The molecule has 1 aromatic rings. The zero-order chi connectivity index (χ0) is 8.27. The third kappa shape index (κ3) is 2.00. The van der Waals surface area contributed by atoms with E-state index < -0.39 is 11.6 Å². The van der Waals surface area contributed by atoms with E-state index in [-0.39, 0.29) is 5.69 Å². The van der Waals surface area contributed by atoms with Crippen LogP contribution in [0.3, 0.4) is 0 Å². The first-order valence-corrected chi connectivity index (χ1v) is 2.88. The molecule has 0 radical (unpaired) electrons. The first-order valence-electron chi connectivity index (χ1n) is 2.88. The quantitative estimate of drug-likeness (QED) is 0.648. The minimum Gasteiger partial charge on any atom is -0.328 e. The first-order chi connectivity index (χ1) is 5.22. The van der Waals surface area contributed by atoms with Gasteiger partial charge in [-0.3, -0.25) is 4.79 Å². The van der Waals surface area contributed by atoms with Crippen LogP contribution in [0.15, 0.2) is 18.2 Å². The molecule has 1 N–H and O–H groups in total. The summed E-state index contributed by atoms with van der Waals surface area (Å²) < 4.78 is 24.7. The molecule has 0 aromatic heterocycles. The van der Waals surface area contributed by atoms with Gasteiger partial charge in [-0.05, 0) is 12.1 Å². The maximum atomic E-state index is 12.4. The van der Waals surface area contributed by atoms with Gasteiger partial charge in [0.05, 0.1) is 0 Å². The molecule has 2 nitrogen and oxygen atoms in total. The fraction of sp³-hybridized carbons (Fsp3) is 0. The Bertz CT molecular complexity index is 255. The van der Waals surface area contributed by atoms with E-state index in [2.05, 4.69) is 5.32 Å². The lowest BCUT2D eigenvalue weighted by atomic mass is 10.3. The normalized spacial score (nSPS) is 9.27. The summed E-state index contributed by atoms with van der Waals surface area (Å²) >= 11 is 0. The zero-order valence-corrected chi connectivity index (χ0v) is 5.47. The van der Waals surface area contributed by atoms with E-state index in [4.69, 9.17) is 0 Å². The van der Waals surface area contributed by atoms with Crippen LogP contribution in [0.4, 0.5) is 14.5 Å². The summed E-state index contributed by atoms with van der Waals surface area (Å²) in [5.41, 5.74) is 0.109. The minimum atomic E-state index is -0.714. The van der Waals surface area contributed by atoms with Gasteiger partial charge in [0.25, 0.3) is 0 Å². The van der Waals surface area contributed by atoms with Gasteiger partial charge in [0, 0.05) is 11.8 Å². The van der Waals surface area contributed by atoms with E-state index in [1.54, 1.807) is 0 Å². The maximum absolute atomic E-state index is 12.4. The molecule has 0 aliphatic heterocycles. The third-order valence-electron chi connectivity index (χ3n) is 1.09. The molecule has 1 amide bonds. The molecule has 0 fully saturated rings. The van der Waals surface area contributed by atoms with Crippen LogP contribution in [0.25, 0.3) is 0 Å². The van der Waals surface area contributed by atoms with Crippen LogP contribution in [0, 0.1) is 11.6 Å². The van der Waals surface area contributed by atoms with Crippen molar-refractivity contribution in [2.45, 2.75) is 0 Å². The van der Waals surface area contributed by atoms with Crippen LogP contribution in [0.1, 0.15) is 0 Å². The van der Waals surface area contributed by atoms with Gasteiger partial charge in [-0.25, -0.2) is 8.78 Å². The van der Waals surface area contributed by atoms with Gasteiger partial charge >= 0.3 is 0 Å². The Hall–Kier alpha value is -1.45. The Balaban J connectivity index is 2.98. The van der Waals surface area contributed by atoms with Gasteiger partial charge in [0.15, 0.2) is 0 Å². The molecule has 1 aromatic carbocycles. The molecule has 0 spiro atoms. The summed E-state index contributed by atoms with van der Waals surface area (Å²) in [5, 5.41) is 2.13. The topological polar surface area (TPSA) is 29.1 Å². The standard InChI is InChI=1S/C7H5F2NO/c8-5-1-6(9)3-7(2-5)10-4-11/h1-4H,(H,10,11). The van der Waals surface area contributed by atoms with E-state index in [0.29, 0.717) is 6.41 Å². The Labute approximate surface area is 61.8 Å². The van der Waals surface area contributed by atoms with Gasteiger partial charge in [-0.15, -0.1) is 0 Å². The van der Waals surface area contributed by atoms with Crippen molar-refractivity contribution < 1.29 is 13.6 Å². The van der Waals surface area contributed by atoms with Crippen LogP contribution in [-0.4, -0.2) is 6.41 Å². The van der Waals surface area contributed by atoms with Crippen LogP contribution in [0.5, 0.6) is 0 Å². The van der Waals surface area contributed by atoms with Crippen molar-refractivity contribution in [1.82, 2.24) is 0 Å². The van der Waals surface area contributed by atoms with Crippen LogP contribution in [0.2, 0.25) is 0 Å². The molecule has 0 saturated heterocycles. The highest BCUT2D eigenvalue weighted by Crippen LogP contribution is 2.11. The number of amides is 1. The highest BCUT2D eigenvalue weighted by molar-refractivity contribution is 5.70. The third-order valence-corrected chi connectivity index (χ3v) is 1.09. The predicted octanol–water partition coefficient (Wildman–Crippen LogP) is 1.53. The van der Waals surface area contributed by atoms with Crippen LogP contribution >= 0.6 is 0 Å². The molecule has 0 heterocycles. The number of hydrogen-bond donors (Lipinski definition) is 1. The SMILES string of the molecule is O=CNc1cc(F)cc(F)c1. The van der Waals surface area contributed by atoms with E-state index in [1.165, 1.54) is 0 Å². The van der Waals surface area contributed by atoms with E-state index >= 15 is 0 Å². The maximum Gasteiger partial charge on any atom is 0.211 e. The number of carbonyl (C=O) groups is 1. The molecule has 11 heavy (non-hydrogen) atoms. The molecule has 4 heteroatoms. The van der Waals surface area contributed by atoms with Gasteiger partial charge in [-0.1, -0.05) is 0 Å². The lowest BCUT2D eigenvalue weighted by Gasteiger charge is -1.97. The smallest absolute Gasteiger partial charge is 0.211 e. The zero-order valence-electron chi connectivity index (χ0n) is 5.47. The molecule has 0 aliphatic rings. The number of rotatable bonds is 2. The second-order valence-electron chi connectivity index (χ2n) is 1.92. The number of nitrogens with one attached hydrogen (secondary N) is 1. The number of benzene rings is 1. The average molecular weight is 157 g/mol. The summed E-state index contributed by atoms with van der Waals surface area (Å²) in [5.74, 6) is -1.43. The monoisotopic (exact) mass is 157 g/mol. The Morgan fingerprint density at radius 3 is 2.18 bits per heavy atom. The fourth-order valence-corrected chi connectivity index (χ4v) is 0.705. The number of carbonyl (C=O) groups excluding carboxylic acids is 1. The molecular weight excluding hydrogens is 152 g/mol. The largest absolute Gasteiger partial charge is 0.328 e. The second-order valence-corrected chi connectivity index (χ2v) is 1.92. The molecule has 58 valence electrons. The summed E-state index contributed by atoms with van der Waals surface area (Å²) in [6, 6.07) is 2.78. The number of halogens is 2. The van der Waals surface area contributed by atoms with E-state index in [9.17, 15) is 13.6 Å². The van der Waals surface area contributed by atoms with Crippen molar-refractivity contribution >= 4 is 12.1 Å². The lowest BCUT2D eigenvalue weighted by Crippen LogP contribution is -1.94. The molecule has 0 aliphatic carbocycles. The van der Waals surface area contributed by atoms with E-state index in [0.717, 1.165) is 18.2 Å². The van der Waals surface area contributed by atoms with Crippen molar-refractivity contribution in [3.63, 3.8) is 0 Å². The van der Waals surface area contributed by atoms with Crippen LogP contribution in [-0.2, 0) is 4.79 Å². The van der Waals surface area contributed by atoms with Gasteiger partial charge < -0.3 is 5.32 Å². The Kier molecular flexibility index (Phi) is 2.15. The fourth-order valence-electron chi connectivity index (χ4n) is 0.705. The van der Waals surface area contributed by atoms with Gasteiger partial charge in [-0.2, -0.15) is 0 Å². The lowest BCUT2D eigenvalue weighted by molar-refractivity contribution is -0.105. The first kappa shape index (κ1) is 7.65. The van der Waals surface area contributed by atoms with Crippen molar-refractivity contribution in [2.24, 2.45) is 0 Å². The Morgan fingerprint density at radius 2 is 1.73 bits per heavy atom. The van der Waals surface area contributed by atoms with Crippen molar-refractivity contribution in [2.75, 3.05) is 5.32 Å². The van der Waals surface area contributed by atoms with Crippen molar-refractivity contribution in [1.29, 1.82) is 0 Å². The number of hydrogen-bond acceptors (Lipinski definition) is 1. The van der Waals surface area contributed by atoms with Gasteiger partial charge in [0.1, 0.15) is 11.6 Å². The summed E-state index contributed by atoms with van der Waals surface area (Å²) in [4.78, 5) is 9.84. The molecule has 0 saturated carbocycles. The molecule has 1 rings (SSSR count). The van der Waals surface area contributed by atoms with Crippen molar-refractivity contribution in [3.05, 3.63) is 29.8 Å². The predicted molar refractivity (Wildman–Crippen MR) is 36.0 cm³/mol. The summed E-state index contributed by atoms with van der Waals surface area (Å²) in [7, 11) is 0. The molecule has 0 unspecified atom stereocenters. The number of anilines is 1. The van der Waals surface area contributed by atoms with Gasteiger partial charge in [0.2, 0.25) is 6.41 Å². The average Bonchev–Trinajstić information content (AvgIpc) is 1.85. The summed E-state index contributed by atoms with van der Waals surface area (Å²) in [6.07, 6.45) is 0.355. The highest BCUT2D eigenvalue weighted by atomic mass is 19.1. The van der Waals surface area contributed by atoms with E-state index in [1.807, 2.05) is 0 Å². The van der Waals surface area contributed by atoms with Crippen LogP contribution < -0.4 is 5.32 Å². The second kappa shape index (κ2) is 3.09. The Morgan fingerprint density at radius 1 is 1.18 bits per heavy atom. The van der Waals surface area contributed by atoms with Crippen molar-refractivity contribution in [3.8, 4) is 0 Å². The molecule has 0 bridgehead atoms. The molecular formula is C7H5F2NO. The molecule has 0 atom stereocenters. The highest BCUT2D eigenvalue weighted by Gasteiger charge is 1.97. The summed E-state index contributed by atoms with van der Waals surface area (Å²) in [6.45, 7) is 0.